The Balaban J connectivity index is 1.64. The van der Waals surface area contributed by atoms with Gasteiger partial charge in [0.05, 0.1) is 11.9 Å². The second-order valence-electron chi connectivity index (χ2n) is 6.21. The predicted molar refractivity (Wildman–Crippen MR) is 93.8 cm³/mol. The van der Waals surface area contributed by atoms with Crippen molar-refractivity contribution in [1.29, 1.82) is 0 Å². The molecule has 8 heteroatoms. The molecule has 0 saturated carbocycles. The molecule has 24 heavy (non-hydrogen) atoms. The predicted octanol–water partition coefficient (Wildman–Crippen LogP) is 0.990. The number of anilines is 1. The summed E-state index contributed by atoms with van der Waals surface area (Å²) < 4.78 is 24.5. The van der Waals surface area contributed by atoms with Crippen LogP contribution in [0, 0.1) is 0 Å². The van der Waals surface area contributed by atoms with E-state index in [4.69, 9.17) is 0 Å². The maximum atomic E-state index is 12.6. The molecule has 2 heterocycles. The maximum absolute atomic E-state index is 12.6. The van der Waals surface area contributed by atoms with E-state index in [-0.39, 0.29) is 5.91 Å². The molecule has 0 aromatic heterocycles. The van der Waals surface area contributed by atoms with Crippen LogP contribution < -0.4 is 5.01 Å². The standard InChI is InChI=1S/C16H22N4O3S/c1-13-7-8-20(17-13)15-5-3-14(4-6-15)16(21)18-9-11-19(12-10-18)24(2,22)23/h3-6H,7-12H2,1-2H3. The minimum atomic E-state index is -3.18. The number of hydrazone groups is 1. The van der Waals surface area contributed by atoms with E-state index in [0.717, 1.165) is 24.4 Å². The van der Waals surface area contributed by atoms with Crippen LogP contribution in [0.25, 0.3) is 0 Å². The lowest BCUT2D eigenvalue weighted by Gasteiger charge is -2.33. The van der Waals surface area contributed by atoms with Crippen molar-refractivity contribution in [2.45, 2.75) is 13.3 Å². The summed E-state index contributed by atoms with van der Waals surface area (Å²) in [6.07, 6.45) is 2.16. The van der Waals surface area contributed by atoms with Crippen molar-refractivity contribution in [1.82, 2.24) is 9.21 Å². The number of carbonyl (C=O) groups is 1. The highest BCUT2D eigenvalue weighted by Gasteiger charge is 2.26. The zero-order valence-electron chi connectivity index (χ0n) is 14.0. The smallest absolute Gasteiger partial charge is 0.253 e. The number of sulfonamides is 1. The van der Waals surface area contributed by atoms with E-state index in [9.17, 15) is 13.2 Å². The van der Waals surface area contributed by atoms with E-state index in [1.807, 2.05) is 36.2 Å². The third-order valence-corrected chi connectivity index (χ3v) is 5.69. The fourth-order valence-electron chi connectivity index (χ4n) is 2.94. The Kier molecular flexibility index (Phi) is 4.60. The number of hydrogen-bond acceptors (Lipinski definition) is 5. The molecule has 1 aromatic carbocycles. The number of benzene rings is 1. The Hall–Kier alpha value is -1.93. The molecule has 0 N–H and O–H groups in total. The molecule has 0 spiro atoms. The van der Waals surface area contributed by atoms with Crippen LogP contribution in [0.15, 0.2) is 29.4 Å². The Morgan fingerprint density at radius 1 is 1.04 bits per heavy atom. The van der Waals surface area contributed by atoms with Gasteiger partial charge in [0.15, 0.2) is 0 Å². The van der Waals surface area contributed by atoms with Crippen LogP contribution in [0.3, 0.4) is 0 Å². The summed E-state index contributed by atoms with van der Waals surface area (Å²) in [6, 6.07) is 7.43. The summed E-state index contributed by atoms with van der Waals surface area (Å²) in [5.74, 6) is -0.0594. The molecule has 0 bridgehead atoms. The van der Waals surface area contributed by atoms with Crippen molar-refractivity contribution in [2.75, 3.05) is 44.0 Å². The van der Waals surface area contributed by atoms with E-state index in [2.05, 4.69) is 5.10 Å². The van der Waals surface area contributed by atoms with Gasteiger partial charge < -0.3 is 4.90 Å². The summed E-state index contributed by atoms with van der Waals surface area (Å²) in [7, 11) is -3.18. The summed E-state index contributed by atoms with van der Waals surface area (Å²) in [4.78, 5) is 14.3. The zero-order chi connectivity index (χ0) is 17.3. The zero-order valence-corrected chi connectivity index (χ0v) is 14.8. The van der Waals surface area contributed by atoms with E-state index < -0.39 is 10.0 Å². The first-order valence-corrected chi connectivity index (χ1v) is 9.85. The normalized spacial score (nSPS) is 19.5. The van der Waals surface area contributed by atoms with Crippen LogP contribution in [0.1, 0.15) is 23.7 Å². The summed E-state index contributed by atoms with van der Waals surface area (Å²) in [6.45, 7) is 4.42. The fraction of sp³-hybridized carbons (Fsp3) is 0.500. The van der Waals surface area contributed by atoms with Crippen molar-refractivity contribution < 1.29 is 13.2 Å². The molecule has 1 saturated heterocycles. The average molecular weight is 350 g/mol. The molecule has 1 amide bonds. The van der Waals surface area contributed by atoms with Crippen LogP contribution >= 0.6 is 0 Å². The lowest BCUT2D eigenvalue weighted by Crippen LogP contribution is -2.50. The lowest BCUT2D eigenvalue weighted by atomic mass is 10.1. The molecule has 130 valence electrons. The van der Waals surface area contributed by atoms with Crippen molar-refractivity contribution in [2.24, 2.45) is 5.10 Å². The quantitative estimate of drug-likeness (QED) is 0.815. The minimum absolute atomic E-state index is 0.0594. The van der Waals surface area contributed by atoms with Gasteiger partial charge in [0.1, 0.15) is 0 Å². The highest BCUT2D eigenvalue weighted by Crippen LogP contribution is 2.20. The van der Waals surface area contributed by atoms with E-state index in [0.29, 0.717) is 31.7 Å². The number of amides is 1. The van der Waals surface area contributed by atoms with Gasteiger partial charge in [-0.25, -0.2) is 8.42 Å². The van der Waals surface area contributed by atoms with Gasteiger partial charge in [-0.15, -0.1) is 0 Å². The summed E-state index contributed by atoms with van der Waals surface area (Å²) >= 11 is 0. The number of hydrogen-bond donors (Lipinski definition) is 0. The molecule has 0 unspecified atom stereocenters. The van der Waals surface area contributed by atoms with E-state index in [1.165, 1.54) is 10.6 Å². The van der Waals surface area contributed by atoms with Crippen molar-refractivity contribution in [3.8, 4) is 0 Å². The van der Waals surface area contributed by atoms with Gasteiger partial charge in [-0.2, -0.15) is 9.41 Å². The van der Waals surface area contributed by atoms with Crippen LogP contribution in [-0.4, -0.2) is 68.2 Å². The molecule has 0 radical (unpaired) electrons. The SMILES string of the molecule is CC1=NN(c2ccc(C(=O)N3CCN(S(C)(=O)=O)CC3)cc2)CC1. The minimum Gasteiger partial charge on any atom is -0.336 e. The molecule has 0 aliphatic carbocycles. The molecule has 2 aliphatic heterocycles. The molecule has 2 aliphatic rings. The second-order valence-corrected chi connectivity index (χ2v) is 8.19. The monoisotopic (exact) mass is 350 g/mol. The van der Waals surface area contributed by atoms with E-state index >= 15 is 0 Å². The Bertz CT molecular complexity index is 750. The van der Waals surface area contributed by atoms with Crippen LogP contribution in [-0.2, 0) is 10.0 Å². The van der Waals surface area contributed by atoms with Gasteiger partial charge in [0.25, 0.3) is 5.91 Å². The van der Waals surface area contributed by atoms with Gasteiger partial charge >= 0.3 is 0 Å². The Morgan fingerprint density at radius 2 is 1.67 bits per heavy atom. The molecule has 7 nitrogen and oxygen atoms in total. The van der Waals surface area contributed by atoms with Gasteiger partial charge in [0.2, 0.25) is 10.0 Å². The van der Waals surface area contributed by atoms with Crippen LogP contribution in [0.4, 0.5) is 5.69 Å². The number of nitrogens with zero attached hydrogens (tertiary/aromatic N) is 4. The number of carbonyl (C=O) groups excluding carboxylic acids is 1. The topological polar surface area (TPSA) is 73.3 Å². The molecule has 1 fully saturated rings. The largest absolute Gasteiger partial charge is 0.336 e. The molecule has 3 rings (SSSR count). The Morgan fingerprint density at radius 3 is 2.17 bits per heavy atom. The average Bonchev–Trinajstić information content (AvgIpc) is 3.00. The first-order chi connectivity index (χ1) is 11.3. The second kappa shape index (κ2) is 6.52. The number of rotatable bonds is 3. The van der Waals surface area contributed by atoms with Gasteiger partial charge in [0, 0.05) is 50.4 Å². The van der Waals surface area contributed by atoms with Gasteiger partial charge in [-0.05, 0) is 31.2 Å². The third kappa shape index (κ3) is 3.59. The van der Waals surface area contributed by atoms with Crippen molar-refractivity contribution in [3.05, 3.63) is 29.8 Å². The summed E-state index contributed by atoms with van der Waals surface area (Å²) in [5.41, 5.74) is 2.70. The third-order valence-electron chi connectivity index (χ3n) is 4.38. The highest BCUT2D eigenvalue weighted by atomic mass is 32.2. The fourth-order valence-corrected chi connectivity index (χ4v) is 3.77. The molecule has 1 aromatic rings. The Labute approximate surface area is 142 Å². The summed E-state index contributed by atoms with van der Waals surface area (Å²) in [5, 5.41) is 6.39. The van der Waals surface area contributed by atoms with Gasteiger partial charge in [-0.3, -0.25) is 9.80 Å². The molecular weight excluding hydrogens is 328 g/mol. The van der Waals surface area contributed by atoms with Crippen LogP contribution in [0.2, 0.25) is 0 Å². The van der Waals surface area contributed by atoms with Crippen molar-refractivity contribution in [3.63, 3.8) is 0 Å². The first kappa shape index (κ1) is 16.9. The van der Waals surface area contributed by atoms with E-state index in [1.54, 1.807) is 4.90 Å². The van der Waals surface area contributed by atoms with Gasteiger partial charge in [-0.1, -0.05) is 0 Å². The lowest BCUT2D eigenvalue weighted by molar-refractivity contribution is 0.0698. The highest BCUT2D eigenvalue weighted by molar-refractivity contribution is 7.88. The molecule has 0 atom stereocenters. The first-order valence-electron chi connectivity index (χ1n) is 8.01. The number of piperazine rings is 1. The maximum Gasteiger partial charge on any atom is 0.253 e. The van der Waals surface area contributed by atoms with Crippen molar-refractivity contribution >= 4 is 27.3 Å². The van der Waals surface area contributed by atoms with Crippen LogP contribution in [0.5, 0.6) is 0 Å². The molecular formula is C16H22N4O3S.